The van der Waals surface area contributed by atoms with Crippen molar-refractivity contribution >= 4 is 33.0 Å². The Balaban J connectivity index is 2.22. The van der Waals surface area contributed by atoms with E-state index in [1.54, 1.807) is 36.4 Å². The average molecular weight is 346 g/mol. The van der Waals surface area contributed by atoms with Gasteiger partial charge in [0.2, 0.25) is 0 Å². The molecular weight excluding hydrogens is 330 g/mol. The largest absolute Gasteiger partial charge is 0.394 e. The Morgan fingerprint density at radius 1 is 1.24 bits per heavy atom. The van der Waals surface area contributed by atoms with Gasteiger partial charge in [0.05, 0.1) is 12.6 Å². The Kier molecular flexibility index (Phi) is 5.40. The van der Waals surface area contributed by atoms with E-state index in [9.17, 15) is 13.5 Å². The normalized spacial score (nSPS) is 13.3. The molecule has 1 unspecified atom stereocenters. The molecular formula is C14H16ClNO3S2. The molecule has 4 nitrogen and oxygen atoms in total. The van der Waals surface area contributed by atoms with Crippen molar-refractivity contribution in [1.29, 1.82) is 0 Å². The number of aliphatic hydroxyl groups is 1. The molecule has 0 spiro atoms. The summed E-state index contributed by atoms with van der Waals surface area (Å²) in [5, 5.41) is 10.0. The third kappa shape index (κ3) is 4.05. The number of hydrogen-bond donors (Lipinski definition) is 2. The Hall–Kier alpha value is -0.920. The van der Waals surface area contributed by atoms with Crippen LogP contribution in [0.25, 0.3) is 0 Å². The van der Waals surface area contributed by atoms with Gasteiger partial charge in [-0.1, -0.05) is 30.7 Å². The van der Waals surface area contributed by atoms with E-state index in [0.717, 1.165) is 11.3 Å². The standard InChI is InChI=1S/C14H16ClNO3S2/c1-2-12-7-8-14(20-12)21(18,19)16-13(9-17)10-3-5-11(15)6-4-10/h3-8,13,16-17H,2,9H2,1H3. The number of halogens is 1. The molecule has 0 aliphatic rings. The zero-order valence-corrected chi connectivity index (χ0v) is 13.8. The molecule has 1 heterocycles. The van der Waals surface area contributed by atoms with E-state index in [2.05, 4.69) is 4.72 Å². The molecule has 1 atom stereocenters. The molecule has 2 aromatic rings. The van der Waals surface area contributed by atoms with Crippen LogP contribution in [-0.2, 0) is 16.4 Å². The van der Waals surface area contributed by atoms with Crippen molar-refractivity contribution in [2.24, 2.45) is 0 Å². The number of rotatable bonds is 6. The fourth-order valence-electron chi connectivity index (χ4n) is 1.84. The lowest BCUT2D eigenvalue weighted by atomic mass is 10.1. The van der Waals surface area contributed by atoms with Crippen LogP contribution >= 0.6 is 22.9 Å². The summed E-state index contributed by atoms with van der Waals surface area (Å²) < 4.78 is 27.4. The molecule has 0 fully saturated rings. The SMILES string of the molecule is CCc1ccc(S(=O)(=O)NC(CO)c2ccc(Cl)cc2)s1. The van der Waals surface area contributed by atoms with Gasteiger partial charge in [-0.05, 0) is 36.2 Å². The quantitative estimate of drug-likeness (QED) is 0.845. The lowest BCUT2D eigenvalue weighted by Crippen LogP contribution is -2.30. The summed E-state index contributed by atoms with van der Waals surface area (Å²) in [5.41, 5.74) is 0.665. The van der Waals surface area contributed by atoms with Crippen LogP contribution in [0.4, 0.5) is 0 Å². The first-order valence-electron chi connectivity index (χ1n) is 6.43. The van der Waals surface area contributed by atoms with E-state index < -0.39 is 16.1 Å². The Bertz CT molecular complexity index is 695. The highest BCUT2D eigenvalue weighted by Crippen LogP contribution is 2.24. The van der Waals surface area contributed by atoms with Gasteiger partial charge in [-0.25, -0.2) is 13.1 Å². The van der Waals surface area contributed by atoms with Gasteiger partial charge >= 0.3 is 0 Å². The maximum atomic E-state index is 12.3. The van der Waals surface area contributed by atoms with Gasteiger partial charge < -0.3 is 5.11 Å². The minimum Gasteiger partial charge on any atom is -0.394 e. The second kappa shape index (κ2) is 6.89. The highest BCUT2D eigenvalue weighted by molar-refractivity contribution is 7.91. The van der Waals surface area contributed by atoms with Crippen molar-refractivity contribution in [3.63, 3.8) is 0 Å². The molecule has 0 saturated heterocycles. The Morgan fingerprint density at radius 3 is 2.43 bits per heavy atom. The molecule has 0 bridgehead atoms. The molecule has 0 amide bonds. The first-order chi connectivity index (χ1) is 9.96. The summed E-state index contributed by atoms with van der Waals surface area (Å²) >= 11 is 7.04. The van der Waals surface area contributed by atoms with Crippen LogP contribution in [0.5, 0.6) is 0 Å². The van der Waals surface area contributed by atoms with Crippen LogP contribution in [0.1, 0.15) is 23.4 Å². The highest BCUT2D eigenvalue weighted by atomic mass is 35.5. The van der Waals surface area contributed by atoms with E-state index in [4.69, 9.17) is 11.6 Å². The van der Waals surface area contributed by atoms with Crippen molar-refractivity contribution in [3.8, 4) is 0 Å². The highest BCUT2D eigenvalue weighted by Gasteiger charge is 2.22. The predicted octanol–water partition coefficient (Wildman–Crippen LogP) is 2.98. The lowest BCUT2D eigenvalue weighted by Gasteiger charge is -2.16. The van der Waals surface area contributed by atoms with Gasteiger partial charge in [-0.3, -0.25) is 0 Å². The summed E-state index contributed by atoms with van der Waals surface area (Å²) in [4.78, 5) is 1.00. The minimum atomic E-state index is -3.64. The minimum absolute atomic E-state index is 0.256. The molecule has 7 heteroatoms. The van der Waals surface area contributed by atoms with Crippen LogP contribution in [0.15, 0.2) is 40.6 Å². The topological polar surface area (TPSA) is 66.4 Å². The van der Waals surface area contributed by atoms with E-state index in [-0.39, 0.29) is 10.8 Å². The van der Waals surface area contributed by atoms with Crippen LogP contribution < -0.4 is 4.72 Å². The van der Waals surface area contributed by atoms with Crippen molar-refractivity contribution in [2.75, 3.05) is 6.61 Å². The predicted molar refractivity (Wildman–Crippen MR) is 85.3 cm³/mol. The summed E-state index contributed by atoms with van der Waals surface area (Å²) in [6.07, 6.45) is 0.792. The van der Waals surface area contributed by atoms with Gasteiger partial charge in [-0.2, -0.15) is 0 Å². The van der Waals surface area contributed by atoms with Crippen LogP contribution in [0.2, 0.25) is 5.02 Å². The Labute approximate surface area is 133 Å². The third-order valence-corrected chi connectivity index (χ3v) is 6.45. The molecule has 2 N–H and O–H groups in total. The van der Waals surface area contributed by atoms with E-state index in [0.29, 0.717) is 10.6 Å². The van der Waals surface area contributed by atoms with Crippen LogP contribution in [-0.4, -0.2) is 20.1 Å². The second-order valence-corrected chi connectivity index (χ2v) is 8.03. The molecule has 0 saturated carbocycles. The maximum Gasteiger partial charge on any atom is 0.250 e. The number of thiophene rings is 1. The fourth-order valence-corrected chi connectivity index (χ4v) is 4.50. The van der Waals surface area contributed by atoms with Crippen molar-refractivity contribution in [1.82, 2.24) is 4.72 Å². The van der Waals surface area contributed by atoms with Gasteiger partial charge in [0, 0.05) is 9.90 Å². The van der Waals surface area contributed by atoms with E-state index >= 15 is 0 Å². The molecule has 114 valence electrons. The van der Waals surface area contributed by atoms with E-state index in [1.807, 2.05) is 6.92 Å². The average Bonchev–Trinajstić information content (AvgIpc) is 2.95. The van der Waals surface area contributed by atoms with Crippen molar-refractivity contribution < 1.29 is 13.5 Å². The smallest absolute Gasteiger partial charge is 0.250 e. The fraction of sp³-hybridized carbons (Fsp3) is 0.286. The number of aryl methyl sites for hydroxylation is 1. The zero-order chi connectivity index (χ0) is 15.5. The maximum absolute atomic E-state index is 12.3. The van der Waals surface area contributed by atoms with Gasteiger partial charge in [0.15, 0.2) is 0 Å². The molecule has 2 rings (SSSR count). The molecule has 1 aromatic carbocycles. The number of sulfonamides is 1. The van der Waals surface area contributed by atoms with Crippen molar-refractivity contribution in [3.05, 3.63) is 51.9 Å². The molecule has 21 heavy (non-hydrogen) atoms. The second-order valence-electron chi connectivity index (χ2n) is 4.48. The zero-order valence-electron chi connectivity index (χ0n) is 11.4. The van der Waals surface area contributed by atoms with Crippen molar-refractivity contribution in [2.45, 2.75) is 23.6 Å². The van der Waals surface area contributed by atoms with Gasteiger partial charge in [0.1, 0.15) is 4.21 Å². The molecule has 1 aromatic heterocycles. The van der Waals surface area contributed by atoms with Crippen LogP contribution in [0, 0.1) is 0 Å². The molecule has 0 aliphatic carbocycles. The number of hydrogen-bond acceptors (Lipinski definition) is 4. The number of aliphatic hydroxyl groups excluding tert-OH is 1. The lowest BCUT2D eigenvalue weighted by molar-refractivity contribution is 0.259. The van der Waals surface area contributed by atoms with Gasteiger partial charge in [-0.15, -0.1) is 11.3 Å². The van der Waals surface area contributed by atoms with Crippen LogP contribution in [0.3, 0.4) is 0 Å². The summed E-state index contributed by atoms with van der Waals surface area (Å²) in [6, 6.07) is 9.40. The molecule has 0 radical (unpaired) electrons. The third-order valence-electron chi connectivity index (χ3n) is 3.00. The number of nitrogens with one attached hydrogen (secondary N) is 1. The molecule has 0 aliphatic heterocycles. The summed E-state index contributed by atoms with van der Waals surface area (Å²) in [5.74, 6) is 0. The number of benzene rings is 1. The Morgan fingerprint density at radius 2 is 1.90 bits per heavy atom. The first-order valence-corrected chi connectivity index (χ1v) is 9.11. The summed E-state index contributed by atoms with van der Waals surface area (Å²) in [7, 11) is -3.64. The monoisotopic (exact) mass is 345 g/mol. The summed E-state index contributed by atoms with van der Waals surface area (Å²) in [6.45, 7) is 1.65. The van der Waals surface area contributed by atoms with Gasteiger partial charge in [0.25, 0.3) is 10.0 Å². The van der Waals surface area contributed by atoms with E-state index in [1.165, 1.54) is 11.3 Å². The first kappa shape index (κ1) is 16.5.